The Labute approximate surface area is 442 Å². The first-order valence-electron chi connectivity index (χ1n) is 28.0. The maximum Gasteiger partial charge on any atom is 0.426 e. The lowest BCUT2D eigenvalue weighted by molar-refractivity contribution is -0.391. The SMILES string of the molecule is CCC1(OC(=O)C(C)(CC(C)(CC(C)(C)C(=O)OC2CC(C(C)(O)C(F)(F)F)CC(C(O)(C(F)(F)F)C(F)(F)F)C2)C(=O)CC2CC3CC2CC3C#N)CC(C)(CC)C(=O)OC2(C)C3CC4CC(C3)CC2C4)CCCC1. The first kappa shape index (κ1) is 60.5. The van der Waals surface area contributed by atoms with E-state index < -0.39 is 124 Å². The van der Waals surface area contributed by atoms with Crippen molar-refractivity contribution < 1.29 is 83.1 Å². The molecule has 0 heterocycles. The number of aliphatic hydroxyl groups is 2. The van der Waals surface area contributed by atoms with Crippen LogP contribution in [0.4, 0.5) is 39.5 Å². The van der Waals surface area contributed by atoms with Crippen molar-refractivity contribution in [3.8, 4) is 6.07 Å². The lowest BCUT2D eigenvalue weighted by Gasteiger charge is -2.59. The van der Waals surface area contributed by atoms with Gasteiger partial charge in [-0.2, -0.15) is 44.8 Å². The summed E-state index contributed by atoms with van der Waals surface area (Å²) in [6, 6.07) is 2.36. The van der Waals surface area contributed by atoms with E-state index in [0.717, 1.165) is 44.9 Å². The van der Waals surface area contributed by atoms with Crippen molar-refractivity contribution in [2.75, 3.05) is 0 Å². The molecular weight excluding hydrogens is 1010 g/mol. The van der Waals surface area contributed by atoms with Crippen molar-refractivity contribution in [1.82, 2.24) is 0 Å². The van der Waals surface area contributed by atoms with Crippen molar-refractivity contribution in [2.45, 2.75) is 244 Å². The highest BCUT2D eigenvalue weighted by molar-refractivity contribution is 5.88. The van der Waals surface area contributed by atoms with Crippen molar-refractivity contribution in [3.63, 3.8) is 0 Å². The summed E-state index contributed by atoms with van der Waals surface area (Å²) in [5, 5.41) is 31.0. The van der Waals surface area contributed by atoms with Gasteiger partial charge in [-0.15, -0.1) is 0 Å². The molecule has 11 atom stereocenters. The smallest absolute Gasteiger partial charge is 0.426 e. The first-order valence-corrected chi connectivity index (χ1v) is 28.0. The van der Waals surface area contributed by atoms with Gasteiger partial charge >= 0.3 is 36.4 Å². The Morgan fingerprint density at radius 1 is 0.605 bits per heavy atom. The third-order valence-electron chi connectivity index (χ3n) is 21.3. The van der Waals surface area contributed by atoms with Crippen LogP contribution in [0.15, 0.2) is 0 Å². The fourth-order valence-electron chi connectivity index (χ4n) is 16.7. The van der Waals surface area contributed by atoms with Crippen LogP contribution in [0.3, 0.4) is 0 Å². The van der Waals surface area contributed by atoms with Crippen molar-refractivity contribution in [3.05, 3.63) is 0 Å². The molecule has 6 bridgehead atoms. The molecule has 8 aliphatic carbocycles. The van der Waals surface area contributed by atoms with Gasteiger partial charge in [0, 0.05) is 29.6 Å². The summed E-state index contributed by atoms with van der Waals surface area (Å²) < 4.78 is 148. The minimum atomic E-state index is -6.45. The molecule has 8 saturated carbocycles. The number of carbonyl (C=O) groups is 4. The zero-order chi connectivity index (χ0) is 56.8. The third-order valence-corrected chi connectivity index (χ3v) is 21.3. The van der Waals surface area contributed by atoms with E-state index in [2.05, 4.69) is 6.07 Å². The fourth-order valence-corrected chi connectivity index (χ4v) is 16.7. The predicted octanol–water partition coefficient (Wildman–Crippen LogP) is 13.3. The van der Waals surface area contributed by atoms with Crippen molar-refractivity contribution in [2.24, 2.45) is 80.8 Å². The standard InChI is InChI=1S/C57H82F9NO9/c1-10-48(5,45(70)75-51(8)38-17-32-16-33(19-38)20-39(51)18-32)30-50(7,46(71)76-53(11-2)14-12-13-15-53)31-49(6,43(68)24-36-22-35-21-34(36)23-37(35)28-67)29-47(3,4)44(69)74-42-26-40(52(9,72)55(58,59)60)25-41(27-42)54(73,56(61,62)63)57(64,65)66/h32-42,72-73H,10-27,29-31H2,1-9H3. The van der Waals surface area contributed by atoms with E-state index >= 15 is 14.4 Å². The molecule has 76 heavy (non-hydrogen) atoms. The minimum absolute atomic E-state index is 0.0294. The normalized spacial score (nSPS) is 35.5. The van der Waals surface area contributed by atoms with Gasteiger partial charge in [-0.25, -0.2) is 0 Å². The summed E-state index contributed by atoms with van der Waals surface area (Å²) in [4.78, 5) is 60.5. The molecule has 0 radical (unpaired) electrons. The quantitative estimate of drug-likeness (QED) is 0.0724. The van der Waals surface area contributed by atoms with Gasteiger partial charge in [0.15, 0.2) is 5.60 Å². The van der Waals surface area contributed by atoms with Crippen LogP contribution in [0.5, 0.6) is 0 Å². The summed E-state index contributed by atoms with van der Waals surface area (Å²) in [6.07, 6.45) is -15.2. The molecule has 8 rings (SSSR count). The van der Waals surface area contributed by atoms with Crippen LogP contribution in [0.1, 0.15) is 197 Å². The second kappa shape index (κ2) is 20.4. The lowest BCUT2D eigenvalue weighted by Crippen LogP contribution is -2.64. The lowest BCUT2D eigenvalue weighted by atomic mass is 9.50. The largest absolute Gasteiger partial charge is 0.462 e. The molecule has 11 unspecified atom stereocenters. The number of alkyl halides is 9. The Bertz CT molecular complexity index is 2190. The average molecular weight is 1100 g/mol. The molecule has 0 aliphatic heterocycles. The average Bonchev–Trinajstić information content (AvgIpc) is 4.06. The topological polar surface area (TPSA) is 160 Å². The van der Waals surface area contributed by atoms with Crippen LogP contribution in [0.2, 0.25) is 0 Å². The van der Waals surface area contributed by atoms with Crippen LogP contribution in [-0.2, 0) is 33.4 Å². The van der Waals surface area contributed by atoms with Crippen LogP contribution in [0, 0.1) is 92.2 Å². The zero-order valence-corrected chi connectivity index (χ0v) is 45.8. The summed E-state index contributed by atoms with van der Waals surface area (Å²) in [5.41, 5.74) is -17.6. The van der Waals surface area contributed by atoms with Crippen LogP contribution >= 0.6 is 0 Å². The molecule has 10 nitrogen and oxygen atoms in total. The molecule has 0 saturated heterocycles. The number of ketones is 1. The molecular formula is C57H82F9NO9. The van der Waals surface area contributed by atoms with Gasteiger partial charge in [0.25, 0.3) is 5.60 Å². The number of rotatable bonds is 19. The first-order chi connectivity index (χ1) is 34.7. The van der Waals surface area contributed by atoms with E-state index in [1.807, 2.05) is 20.8 Å². The molecule has 0 aromatic carbocycles. The number of Topliss-reactive ketones (excluding diaryl/α,β-unsaturated/α-hetero) is 1. The van der Waals surface area contributed by atoms with Gasteiger partial charge in [-0.1, -0.05) is 20.8 Å². The number of carbonyl (C=O) groups excluding carboxylic acids is 4. The Hall–Kier alpha value is -3.14. The Kier molecular flexibility index (Phi) is 16.3. The van der Waals surface area contributed by atoms with Crippen molar-refractivity contribution in [1.29, 1.82) is 5.26 Å². The van der Waals surface area contributed by atoms with Gasteiger partial charge in [0.2, 0.25) is 0 Å². The molecule has 0 amide bonds. The van der Waals surface area contributed by atoms with E-state index in [1.54, 1.807) is 20.8 Å². The highest BCUT2D eigenvalue weighted by Gasteiger charge is 2.75. The molecule has 432 valence electrons. The monoisotopic (exact) mass is 1100 g/mol. The summed E-state index contributed by atoms with van der Waals surface area (Å²) in [5.74, 6) is -7.04. The summed E-state index contributed by atoms with van der Waals surface area (Å²) in [7, 11) is 0. The second-order valence-corrected chi connectivity index (χ2v) is 27.3. The number of esters is 3. The van der Waals surface area contributed by atoms with Gasteiger partial charge in [0.05, 0.1) is 22.3 Å². The van der Waals surface area contributed by atoms with Crippen LogP contribution in [0.25, 0.3) is 0 Å². The maximum absolute atomic E-state index is 15.5. The van der Waals surface area contributed by atoms with E-state index in [1.165, 1.54) is 20.3 Å². The van der Waals surface area contributed by atoms with E-state index in [4.69, 9.17) is 14.2 Å². The van der Waals surface area contributed by atoms with E-state index in [0.29, 0.717) is 43.9 Å². The van der Waals surface area contributed by atoms with Gasteiger partial charge < -0.3 is 24.4 Å². The predicted molar refractivity (Wildman–Crippen MR) is 259 cm³/mol. The zero-order valence-electron chi connectivity index (χ0n) is 45.8. The molecule has 0 spiro atoms. The van der Waals surface area contributed by atoms with Crippen molar-refractivity contribution >= 4 is 23.7 Å². The fraction of sp³-hybridized carbons (Fsp3) is 0.912. The molecule has 0 aromatic rings. The van der Waals surface area contributed by atoms with E-state index in [-0.39, 0.29) is 73.9 Å². The molecule has 2 N–H and O–H groups in total. The van der Waals surface area contributed by atoms with Gasteiger partial charge in [-0.3, -0.25) is 19.2 Å². The number of fused-ring (bicyclic) bond motifs is 2. The molecule has 0 aromatic heterocycles. The molecule has 8 fully saturated rings. The van der Waals surface area contributed by atoms with Crippen LogP contribution in [-0.4, -0.2) is 80.9 Å². The highest BCUT2D eigenvalue weighted by atomic mass is 19.4. The number of halogens is 9. The highest BCUT2D eigenvalue weighted by Crippen LogP contribution is 2.62. The Balaban J connectivity index is 1.24. The third kappa shape index (κ3) is 11.1. The van der Waals surface area contributed by atoms with E-state index in [9.17, 15) is 59.8 Å². The number of hydrogen-bond donors (Lipinski definition) is 2. The molecule has 19 heteroatoms. The molecule has 8 aliphatic rings. The Morgan fingerprint density at radius 3 is 1.61 bits per heavy atom. The summed E-state index contributed by atoms with van der Waals surface area (Å²) in [6.45, 7) is 13.6. The number of hydrogen-bond acceptors (Lipinski definition) is 10. The second-order valence-electron chi connectivity index (χ2n) is 27.3. The minimum Gasteiger partial charge on any atom is -0.462 e. The van der Waals surface area contributed by atoms with Gasteiger partial charge in [-0.05, 0) is 211 Å². The van der Waals surface area contributed by atoms with Crippen LogP contribution < -0.4 is 0 Å². The number of nitrogens with zero attached hydrogens (tertiary/aromatic N) is 1. The Morgan fingerprint density at radius 2 is 1.13 bits per heavy atom. The summed E-state index contributed by atoms with van der Waals surface area (Å²) >= 11 is 0. The maximum atomic E-state index is 15.5. The number of nitriles is 1. The van der Waals surface area contributed by atoms with Gasteiger partial charge in [0.1, 0.15) is 23.1 Å². The number of ether oxygens (including phenoxy) is 3.